The van der Waals surface area contributed by atoms with Gasteiger partial charge in [-0.25, -0.2) is 13.2 Å². The Kier molecular flexibility index (Phi) is 8.47. The summed E-state index contributed by atoms with van der Waals surface area (Å²) in [6.45, 7) is 6.37. The van der Waals surface area contributed by atoms with Gasteiger partial charge in [0.1, 0.15) is 41.0 Å². The first kappa shape index (κ1) is 31.8. The molecular formula is C32H31ClF3N7O2S. The highest BCUT2D eigenvalue weighted by Crippen LogP contribution is 2.46. The average Bonchev–Trinajstić information content (AvgIpc) is 3.69. The second kappa shape index (κ2) is 12.2. The van der Waals surface area contributed by atoms with Crippen molar-refractivity contribution < 1.29 is 22.7 Å². The van der Waals surface area contributed by atoms with Gasteiger partial charge in [0, 0.05) is 48.6 Å². The number of ether oxygens (including phenoxy) is 1. The highest BCUT2D eigenvalue weighted by atomic mass is 35.5. The van der Waals surface area contributed by atoms with Gasteiger partial charge < -0.3 is 20.3 Å². The number of nitrogens with zero attached hydrogens (tertiary/aromatic N) is 6. The predicted molar refractivity (Wildman–Crippen MR) is 174 cm³/mol. The molecule has 2 aliphatic rings. The van der Waals surface area contributed by atoms with Gasteiger partial charge in [0.05, 0.1) is 21.3 Å². The van der Waals surface area contributed by atoms with Crippen molar-refractivity contribution in [1.82, 2.24) is 19.8 Å². The molecule has 0 unspecified atom stereocenters. The van der Waals surface area contributed by atoms with Gasteiger partial charge in [0.2, 0.25) is 5.91 Å². The lowest BCUT2D eigenvalue weighted by atomic mass is 9.97. The summed E-state index contributed by atoms with van der Waals surface area (Å²) >= 11 is 7.69. The van der Waals surface area contributed by atoms with Crippen molar-refractivity contribution in [3.05, 3.63) is 53.1 Å². The summed E-state index contributed by atoms with van der Waals surface area (Å²) in [6.07, 6.45) is 1.18. The van der Waals surface area contributed by atoms with Crippen LogP contribution < -0.4 is 15.4 Å². The highest BCUT2D eigenvalue weighted by Gasteiger charge is 2.37. The molecule has 2 aromatic heterocycles. The molecule has 2 aliphatic heterocycles. The van der Waals surface area contributed by atoms with Crippen LogP contribution in [0, 0.1) is 23.0 Å². The molecule has 2 N–H and O–H groups in total. The summed E-state index contributed by atoms with van der Waals surface area (Å²) in [5.41, 5.74) is 6.05. The maximum Gasteiger partial charge on any atom is 0.319 e. The molecule has 46 heavy (non-hydrogen) atoms. The van der Waals surface area contributed by atoms with Crippen LogP contribution in [-0.4, -0.2) is 83.8 Å². The molecule has 4 aromatic rings. The molecule has 0 radical (unpaired) electrons. The molecule has 4 heterocycles. The van der Waals surface area contributed by atoms with Crippen LogP contribution >= 0.6 is 22.9 Å². The normalized spacial score (nSPS) is 21.7. The number of nitrogens with two attached hydrogens (primary N) is 1. The summed E-state index contributed by atoms with van der Waals surface area (Å²) in [5, 5.41) is 10.4. The Morgan fingerprint density at radius 2 is 2.13 bits per heavy atom. The number of benzene rings is 2. The van der Waals surface area contributed by atoms with Crippen LogP contribution in [0.15, 0.2) is 30.9 Å². The van der Waals surface area contributed by atoms with Crippen LogP contribution in [0.2, 0.25) is 5.02 Å². The number of nitrogen functional groups attached to an aromatic ring is 1. The van der Waals surface area contributed by atoms with E-state index in [1.54, 1.807) is 19.0 Å². The van der Waals surface area contributed by atoms with Gasteiger partial charge in [-0.1, -0.05) is 24.2 Å². The van der Waals surface area contributed by atoms with Crippen LogP contribution in [0.4, 0.5) is 24.0 Å². The molecule has 9 nitrogen and oxygen atoms in total. The number of hydrogen-bond acceptors (Lipinski definition) is 9. The molecule has 6 rings (SSSR count). The van der Waals surface area contributed by atoms with Crippen molar-refractivity contribution in [3.8, 4) is 23.2 Å². The number of aromatic nitrogens is 2. The van der Waals surface area contributed by atoms with Gasteiger partial charge in [-0.15, -0.1) is 11.3 Å². The van der Waals surface area contributed by atoms with E-state index in [4.69, 9.17) is 22.1 Å². The number of fused-ring (bicyclic) bond motifs is 2. The van der Waals surface area contributed by atoms with Crippen molar-refractivity contribution in [2.24, 2.45) is 0 Å². The number of likely N-dealkylation sites (tertiary alicyclic amines) is 2. The predicted octanol–water partition coefficient (Wildman–Crippen LogP) is 5.93. The number of carbonyl (C=O) groups excluding carboxylic acids is 1. The number of likely N-dealkylation sites (N-methyl/N-ethyl adjacent to an activating group) is 2. The minimum Gasteiger partial charge on any atom is -0.462 e. The van der Waals surface area contributed by atoms with Gasteiger partial charge in [-0.05, 0) is 50.6 Å². The quantitative estimate of drug-likeness (QED) is 0.241. The molecule has 0 saturated carbocycles. The van der Waals surface area contributed by atoms with Gasteiger partial charge in [0.25, 0.3) is 0 Å². The van der Waals surface area contributed by atoms with Crippen LogP contribution in [0.5, 0.6) is 6.01 Å². The van der Waals surface area contributed by atoms with E-state index >= 15 is 4.39 Å². The summed E-state index contributed by atoms with van der Waals surface area (Å²) in [5.74, 6) is -1.29. The van der Waals surface area contributed by atoms with Gasteiger partial charge in [-0.2, -0.15) is 15.2 Å². The Bertz CT molecular complexity index is 1930. The zero-order valence-corrected chi connectivity index (χ0v) is 26.9. The molecule has 2 saturated heterocycles. The standard InChI is InChI=1S/C32H31ClF3N7O2S/c1-5-24(44)43-9-8-23(15(43)2)42(4)31-19-11-21(33)26(18-6-7-22(35)29-25(18)20(12-37)30(38)46-29)27(36)28(19)39-32(40-31)45-14-17-10-16(34)13-41(17)3/h5-7,11,15-17,23H,1,8-10,13-14,38H2,2-4H3/t15-,16-,17+,23-/m1/s1. The number of alkyl halides is 1. The number of amides is 1. The van der Waals surface area contributed by atoms with E-state index in [1.807, 2.05) is 22.8 Å². The number of halogens is 4. The Morgan fingerprint density at radius 1 is 1.37 bits per heavy atom. The third kappa shape index (κ3) is 5.28. The first-order chi connectivity index (χ1) is 21.9. The lowest BCUT2D eigenvalue weighted by molar-refractivity contribution is -0.126. The first-order valence-corrected chi connectivity index (χ1v) is 15.9. The van der Waals surface area contributed by atoms with E-state index in [0.29, 0.717) is 18.8 Å². The van der Waals surface area contributed by atoms with E-state index < -0.39 is 17.8 Å². The van der Waals surface area contributed by atoms with Crippen molar-refractivity contribution in [1.29, 1.82) is 5.26 Å². The van der Waals surface area contributed by atoms with Gasteiger partial charge in [0.15, 0.2) is 5.82 Å². The Hall–Kier alpha value is -4.12. The Balaban J connectivity index is 1.52. The van der Waals surface area contributed by atoms with Crippen molar-refractivity contribution >= 4 is 60.7 Å². The smallest absolute Gasteiger partial charge is 0.319 e. The fourth-order valence-electron chi connectivity index (χ4n) is 6.65. The number of anilines is 2. The largest absolute Gasteiger partial charge is 0.462 e. The number of thiophene rings is 1. The maximum absolute atomic E-state index is 16.9. The third-order valence-electron chi connectivity index (χ3n) is 9.09. The molecule has 0 bridgehead atoms. The summed E-state index contributed by atoms with van der Waals surface area (Å²) in [4.78, 5) is 27.0. The van der Waals surface area contributed by atoms with E-state index in [9.17, 15) is 18.8 Å². The highest BCUT2D eigenvalue weighted by molar-refractivity contribution is 7.23. The molecule has 1 amide bonds. The maximum atomic E-state index is 16.9. The first-order valence-electron chi connectivity index (χ1n) is 14.7. The number of rotatable bonds is 7. The van der Waals surface area contributed by atoms with E-state index in [0.717, 1.165) is 11.3 Å². The minimum absolute atomic E-state index is 0.0111. The minimum atomic E-state index is -0.984. The zero-order valence-electron chi connectivity index (χ0n) is 25.4. The van der Waals surface area contributed by atoms with E-state index in [-0.39, 0.29) is 97.3 Å². The van der Waals surface area contributed by atoms with Crippen LogP contribution in [0.3, 0.4) is 0 Å². The fraction of sp³-hybridized carbons (Fsp3) is 0.375. The Morgan fingerprint density at radius 3 is 2.80 bits per heavy atom. The summed E-state index contributed by atoms with van der Waals surface area (Å²) in [6, 6.07) is 5.30. The zero-order chi connectivity index (χ0) is 33.0. The number of hydrogen-bond donors (Lipinski definition) is 1. The summed E-state index contributed by atoms with van der Waals surface area (Å²) in [7, 11) is 3.60. The third-order valence-corrected chi connectivity index (χ3v) is 10.4. The van der Waals surface area contributed by atoms with Crippen molar-refractivity contribution in [2.45, 2.75) is 44.1 Å². The van der Waals surface area contributed by atoms with Crippen LogP contribution in [-0.2, 0) is 4.79 Å². The second-order valence-corrected chi connectivity index (χ2v) is 13.2. The lowest BCUT2D eigenvalue weighted by Crippen LogP contribution is -2.43. The van der Waals surface area contributed by atoms with Crippen LogP contribution in [0.1, 0.15) is 25.3 Å². The van der Waals surface area contributed by atoms with Crippen LogP contribution in [0.25, 0.3) is 32.1 Å². The van der Waals surface area contributed by atoms with Gasteiger partial charge in [-0.3, -0.25) is 9.69 Å². The molecular weight excluding hydrogens is 639 g/mol. The number of nitriles is 1. The van der Waals surface area contributed by atoms with E-state index in [2.05, 4.69) is 16.5 Å². The Labute approximate surface area is 272 Å². The fourth-order valence-corrected chi connectivity index (χ4v) is 7.90. The SMILES string of the molecule is C=CC(=O)N1CC[C@@H](N(C)c2nc(OC[C@@H]3C[C@@H](F)CN3C)nc3c(F)c(-c4ccc(F)c5sc(N)c(C#N)c45)c(Cl)cc23)[C@H]1C. The topological polar surface area (TPSA) is 112 Å². The molecule has 240 valence electrons. The number of carbonyl (C=O) groups is 1. The molecule has 0 spiro atoms. The average molecular weight is 670 g/mol. The second-order valence-electron chi connectivity index (χ2n) is 11.7. The van der Waals surface area contributed by atoms with Crippen molar-refractivity contribution in [2.75, 3.05) is 44.4 Å². The molecule has 14 heteroatoms. The van der Waals surface area contributed by atoms with Crippen molar-refractivity contribution in [3.63, 3.8) is 0 Å². The molecule has 0 aliphatic carbocycles. The van der Waals surface area contributed by atoms with E-state index in [1.165, 1.54) is 24.3 Å². The molecule has 4 atom stereocenters. The summed E-state index contributed by atoms with van der Waals surface area (Å²) < 4.78 is 51.8. The monoisotopic (exact) mass is 669 g/mol. The molecule has 2 aromatic carbocycles. The van der Waals surface area contributed by atoms with Gasteiger partial charge >= 0.3 is 6.01 Å². The molecule has 2 fully saturated rings. The lowest BCUT2D eigenvalue weighted by Gasteiger charge is -2.32.